The average molecular weight is 282 g/mol. The fourth-order valence-electron chi connectivity index (χ4n) is 3.70. The maximum Gasteiger partial charge on any atom is 0.254 e. The number of likely N-dealkylation sites (tertiary alicyclic amines) is 1. The molecule has 21 heavy (non-hydrogen) atoms. The first kappa shape index (κ1) is 12.7. The van der Waals surface area contributed by atoms with Crippen molar-refractivity contribution in [3.8, 4) is 0 Å². The molecular weight excluding hydrogens is 264 g/mol. The SMILES string of the molecule is CC1C2CNCC2CN1C(=O)c1ccc2nccnc2c1. The van der Waals surface area contributed by atoms with Crippen LogP contribution in [0, 0.1) is 11.8 Å². The van der Waals surface area contributed by atoms with E-state index in [1.165, 1.54) is 0 Å². The molecule has 3 heterocycles. The van der Waals surface area contributed by atoms with E-state index in [-0.39, 0.29) is 5.91 Å². The summed E-state index contributed by atoms with van der Waals surface area (Å²) in [6, 6.07) is 5.89. The molecule has 2 fully saturated rings. The highest BCUT2D eigenvalue weighted by atomic mass is 16.2. The molecule has 3 atom stereocenters. The van der Waals surface area contributed by atoms with Gasteiger partial charge < -0.3 is 10.2 Å². The highest BCUT2D eigenvalue weighted by molar-refractivity contribution is 5.97. The van der Waals surface area contributed by atoms with Gasteiger partial charge >= 0.3 is 0 Å². The molecule has 2 aromatic rings. The maximum atomic E-state index is 12.8. The summed E-state index contributed by atoms with van der Waals surface area (Å²) in [7, 11) is 0. The largest absolute Gasteiger partial charge is 0.335 e. The molecule has 1 N–H and O–H groups in total. The number of hydrogen-bond acceptors (Lipinski definition) is 4. The standard InChI is InChI=1S/C16H18N4O/c1-10-13-8-17-7-12(13)9-20(10)16(21)11-2-3-14-15(6-11)19-5-4-18-14/h2-6,10,12-13,17H,7-9H2,1H3. The van der Waals surface area contributed by atoms with E-state index in [4.69, 9.17) is 0 Å². The lowest BCUT2D eigenvalue weighted by Gasteiger charge is -2.24. The maximum absolute atomic E-state index is 12.8. The van der Waals surface area contributed by atoms with Gasteiger partial charge in [-0.15, -0.1) is 0 Å². The molecule has 2 saturated heterocycles. The van der Waals surface area contributed by atoms with Crippen LogP contribution in [-0.4, -0.2) is 46.5 Å². The Morgan fingerprint density at radius 2 is 2.05 bits per heavy atom. The van der Waals surface area contributed by atoms with Crippen LogP contribution in [0.25, 0.3) is 11.0 Å². The van der Waals surface area contributed by atoms with Gasteiger partial charge in [-0.2, -0.15) is 0 Å². The quantitative estimate of drug-likeness (QED) is 0.857. The number of aromatic nitrogens is 2. The molecule has 1 aromatic carbocycles. The van der Waals surface area contributed by atoms with E-state index in [0.29, 0.717) is 23.4 Å². The molecule has 0 saturated carbocycles. The Kier molecular flexibility index (Phi) is 2.89. The first-order chi connectivity index (χ1) is 10.2. The molecule has 1 amide bonds. The van der Waals surface area contributed by atoms with Gasteiger partial charge in [0, 0.05) is 43.6 Å². The van der Waals surface area contributed by atoms with Gasteiger partial charge in [0.2, 0.25) is 0 Å². The summed E-state index contributed by atoms with van der Waals surface area (Å²) in [4.78, 5) is 23.3. The van der Waals surface area contributed by atoms with Crippen LogP contribution in [0.3, 0.4) is 0 Å². The molecule has 1 aromatic heterocycles. The van der Waals surface area contributed by atoms with Gasteiger partial charge in [0.15, 0.2) is 0 Å². The smallest absolute Gasteiger partial charge is 0.254 e. The molecule has 0 radical (unpaired) electrons. The summed E-state index contributed by atoms with van der Waals surface area (Å²) in [5, 5.41) is 3.42. The monoisotopic (exact) mass is 282 g/mol. The van der Waals surface area contributed by atoms with Gasteiger partial charge in [0.1, 0.15) is 0 Å². The Morgan fingerprint density at radius 1 is 1.24 bits per heavy atom. The minimum absolute atomic E-state index is 0.115. The van der Waals surface area contributed by atoms with E-state index >= 15 is 0 Å². The average Bonchev–Trinajstić information content (AvgIpc) is 3.09. The fraction of sp³-hybridized carbons (Fsp3) is 0.438. The first-order valence-corrected chi connectivity index (χ1v) is 7.46. The number of rotatable bonds is 1. The van der Waals surface area contributed by atoms with E-state index in [9.17, 15) is 4.79 Å². The second-order valence-corrected chi connectivity index (χ2v) is 6.04. The summed E-state index contributed by atoms with van der Waals surface area (Å²) < 4.78 is 0. The van der Waals surface area contributed by atoms with Gasteiger partial charge in [-0.1, -0.05) is 0 Å². The summed E-state index contributed by atoms with van der Waals surface area (Å²) in [5.74, 6) is 1.31. The highest BCUT2D eigenvalue weighted by Crippen LogP contribution is 2.33. The Labute approximate surface area is 123 Å². The number of fused-ring (bicyclic) bond motifs is 2. The van der Waals surface area contributed by atoms with Crippen LogP contribution < -0.4 is 5.32 Å². The Balaban J connectivity index is 1.64. The van der Waals surface area contributed by atoms with Crippen molar-refractivity contribution < 1.29 is 4.79 Å². The zero-order valence-corrected chi connectivity index (χ0v) is 12.0. The molecule has 0 bridgehead atoms. The summed E-state index contributed by atoms with van der Waals surface area (Å²) >= 11 is 0. The third kappa shape index (κ3) is 2.00. The second-order valence-electron chi connectivity index (χ2n) is 6.04. The van der Waals surface area contributed by atoms with Crippen molar-refractivity contribution in [1.29, 1.82) is 0 Å². The van der Waals surface area contributed by atoms with Gasteiger partial charge in [-0.25, -0.2) is 0 Å². The lowest BCUT2D eigenvalue weighted by atomic mass is 9.95. The third-order valence-electron chi connectivity index (χ3n) is 4.91. The molecule has 2 aliphatic heterocycles. The normalized spacial score (nSPS) is 28.0. The van der Waals surface area contributed by atoms with Crippen molar-refractivity contribution in [3.63, 3.8) is 0 Å². The number of amides is 1. The zero-order valence-electron chi connectivity index (χ0n) is 12.0. The number of benzene rings is 1. The van der Waals surface area contributed by atoms with Crippen molar-refractivity contribution in [3.05, 3.63) is 36.2 Å². The lowest BCUT2D eigenvalue weighted by Crippen LogP contribution is -2.38. The summed E-state index contributed by atoms with van der Waals surface area (Å²) in [5.41, 5.74) is 2.31. The minimum atomic E-state index is 0.115. The Morgan fingerprint density at radius 3 is 2.86 bits per heavy atom. The van der Waals surface area contributed by atoms with E-state index in [2.05, 4.69) is 22.2 Å². The molecule has 5 nitrogen and oxygen atoms in total. The van der Waals surface area contributed by atoms with Crippen LogP contribution in [0.4, 0.5) is 0 Å². The van der Waals surface area contributed by atoms with E-state index in [1.54, 1.807) is 12.4 Å². The predicted molar refractivity (Wildman–Crippen MR) is 79.9 cm³/mol. The van der Waals surface area contributed by atoms with Crippen LogP contribution in [-0.2, 0) is 0 Å². The molecule has 2 aliphatic rings. The van der Waals surface area contributed by atoms with Gasteiger partial charge in [0.25, 0.3) is 5.91 Å². The summed E-state index contributed by atoms with van der Waals surface area (Å²) in [6.45, 7) is 5.08. The highest BCUT2D eigenvalue weighted by Gasteiger charge is 2.43. The first-order valence-electron chi connectivity index (χ1n) is 7.46. The van der Waals surface area contributed by atoms with Crippen LogP contribution in [0.1, 0.15) is 17.3 Å². The minimum Gasteiger partial charge on any atom is -0.335 e. The lowest BCUT2D eigenvalue weighted by molar-refractivity contribution is 0.0728. The molecule has 0 spiro atoms. The van der Waals surface area contributed by atoms with Crippen LogP contribution in [0.15, 0.2) is 30.6 Å². The number of nitrogens with zero attached hydrogens (tertiary/aromatic N) is 3. The van der Waals surface area contributed by atoms with Gasteiger partial charge in [-0.05, 0) is 37.0 Å². The van der Waals surface area contributed by atoms with Crippen molar-refractivity contribution in [1.82, 2.24) is 20.2 Å². The van der Waals surface area contributed by atoms with Crippen molar-refractivity contribution in [2.45, 2.75) is 13.0 Å². The molecule has 4 rings (SSSR count). The van der Waals surface area contributed by atoms with Crippen LogP contribution in [0.5, 0.6) is 0 Å². The van der Waals surface area contributed by atoms with E-state index in [0.717, 1.165) is 30.7 Å². The second kappa shape index (κ2) is 4.77. The van der Waals surface area contributed by atoms with Gasteiger partial charge in [0.05, 0.1) is 11.0 Å². The van der Waals surface area contributed by atoms with Crippen molar-refractivity contribution in [2.24, 2.45) is 11.8 Å². The van der Waals surface area contributed by atoms with Crippen molar-refractivity contribution in [2.75, 3.05) is 19.6 Å². The Bertz CT molecular complexity index is 701. The predicted octanol–water partition coefficient (Wildman–Crippen LogP) is 1.31. The van der Waals surface area contributed by atoms with E-state index < -0.39 is 0 Å². The topological polar surface area (TPSA) is 58.1 Å². The summed E-state index contributed by atoms with van der Waals surface area (Å²) in [6.07, 6.45) is 3.33. The number of carbonyl (C=O) groups excluding carboxylic acids is 1. The fourth-order valence-corrected chi connectivity index (χ4v) is 3.70. The zero-order chi connectivity index (χ0) is 14.4. The number of carbonyl (C=O) groups is 1. The Hall–Kier alpha value is -2.01. The van der Waals surface area contributed by atoms with Crippen LogP contribution in [0.2, 0.25) is 0 Å². The van der Waals surface area contributed by atoms with E-state index in [1.807, 2.05) is 23.1 Å². The van der Waals surface area contributed by atoms with Crippen LogP contribution >= 0.6 is 0 Å². The number of nitrogens with one attached hydrogen (secondary N) is 1. The molecular formula is C16H18N4O. The van der Waals surface area contributed by atoms with Gasteiger partial charge in [-0.3, -0.25) is 14.8 Å². The number of hydrogen-bond donors (Lipinski definition) is 1. The third-order valence-corrected chi connectivity index (χ3v) is 4.91. The van der Waals surface area contributed by atoms with Crippen molar-refractivity contribution >= 4 is 16.9 Å². The molecule has 3 unspecified atom stereocenters. The molecule has 0 aliphatic carbocycles. The molecule has 108 valence electrons. The molecule has 5 heteroatoms.